The number of rotatable bonds is 10. The summed E-state index contributed by atoms with van der Waals surface area (Å²) in [6, 6.07) is 13.1. The molecule has 1 unspecified atom stereocenters. The Balaban J connectivity index is 2.07. The van der Waals surface area contributed by atoms with Crippen molar-refractivity contribution in [2.24, 2.45) is 0 Å². The molecule has 1 amide bonds. The van der Waals surface area contributed by atoms with E-state index in [1.807, 2.05) is 13.8 Å². The van der Waals surface area contributed by atoms with E-state index in [0.29, 0.717) is 29.2 Å². The van der Waals surface area contributed by atoms with Crippen LogP contribution in [0.5, 0.6) is 11.5 Å². The van der Waals surface area contributed by atoms with Crippen LogP contribution in [-0.2, 0) is 14.3 Å². The molecule has 1 saturated heterocycles. The fraction of sp³-hybridized carbons (Fsp3) is 0.308. The van der Waals surface area contributed by atoms with Crippen LogP contribution in [0.25, 0.3) is 5.76 Å². The third-order valence-electron chi connectivity index (χ3n) is 5.12. The molecule has 0 bridgehead atoms. The maximum atomic E-state index is 13.0. The molecule has 1 N–H and O–H groups in total. The Bertz CT molecular complexity index is 1040. The van der Waals surface area contributed by atoms with Gasteiger partial charge in [-0.2, -0.15) is 0 Å². The van der Waals surface area contributed by atoms with E-state index >= 15 is 0 Å². The van der Waals surface area contributed by atoms with Gasteiger partial charge in [0.1, 0.15) is 23.9 Å². The fourth-order valence-corrected chi connectivity index (χ4v) is 3.70. The number of benzene rings is 2. The number of nitrogens with zero attached hydrogens (tertiary/aromatic N) is 1. The minimum Gasteiger partial charge on any atom is -0.507 e. The van der Waals surface area contributed by atoms with Gasteiger partial charge in [-0.1, -0.05) is 24.8 Å². The Morgan fingerprint density at radius 1 is 1.15 bits per heavy atom. The molecule has 7 heteroatoms. The molecular formula is C26H29NO6. The number of ether oxygens (including phenoxy) is 3. The molecule has 7 nitrogen and oxygen atoms in total. The predicted molar refractivity (Wildman–Crippen MR) is 125 cm³/mol. The second-order valence-corrected chi connectivity index (χ2v) is 7.85. The number of ketones is 1. The van der Waals surface area contributed by atoms with Gasteiger partial charge in [0.25, 0.3) is 11.7 Å². The number of aliphatic hydroxyl groups is 1. The van der Waals surface area contributed by atoms with E-state index in [2.05, 4.69) is 6.58 Å². The molecule has 0 saturated carbocycles. The van der Waals surface area contributed by atoms with Crippen molar-refractivity contribution in [1.82, 2.24) is 4.90 Å². The number of hydrogen-bond acceptors (Lipinski definition) is 6. The number of hydrogen-bond donors (Lipinski definition) is 1. The summed E-state index contributed by atoms with van der Waals surface area (Å²) in [5.41, 5.74) is 1.09. The van der Waals surface area contributed by atoms with E-state index in [0.717, 1.165) is 0 Å². The molecule has 0 radical (unpaired) electrons. The van der Waals surface area contributed by atoms with Crippen LogP contribution in [0.15, 0.2) is 66.8 Å². The molecule has 1 fully saturated rings. The highest BCUT2D eigenvalue weighted by molar-refractivity contribution is 6.46. The van der Waals surface area contributed by atoms with E-state index in [1.165, 1.54) is 12.0 Å². The Morgan fingerprint density at radius 3 is 2.52 bits per heavy atom. The van der Waals surface area contributed by atoms with Crippen LogP contribution in [-0.4, -0.2) is 54.7 Å². The van der Waals surface area contributed by atoms with Gasteiger partial charge in [-0.3, -0.25) is 9.59 Å². The minimum atomic E-state index is -0.779. The van der Waals surface area contributed by atoms with Crippen molar-refractivity contribution >= 4 is 17.4 Å². The zero-order chi connectivity index (χ0) is 24.0. The van der Waals surface area contributed by atoms with Crippen LogP contribution in [0.4, 0.5) is 0 Å². The standard InChI is InChI=1S/C26H29NO6/c1-5-14-32-21-8-6-7-19(16-21)23-22(25(29)26(30)27(23)13-15-31-4)24(28)18-9-11-20(12-10-18)33-17(2)3/h5-12,16-17,23,28H,1,13-15H2,2-4H3/b24-22-. The van der Waals surface area contributed by atoms with Gasteiger partial charge in [-0.05, 0) is 55.8 Å². The topological polar surface area (TPSA) is 85.3 Å². The van der Waals surface area contributed by atoms with Crippen LogP contribution >= 0.6 is 0 Å². The molecule has 174 valence electrons. The first-order valence-corrected chi connectivity index (χ1v) is 10.8. The van der Waals surface area contributed by atoms with Gasteiger partial charge in [0.2, 0.25) is 0 Å². The smallest absolute Gasteiger partial charge is 0.295 e. The zero-order valence-corrected chi connectivity index (χ0v) is 19.1. The second kappa shape index (κ2) is 10.8. The number of aliphatic hydroxyl groups excluding tert-OH is 1. The Labute approximate surface area is 193 Å². The monoisotopic (exact) mass is 451 g/mol. The number of carbonyl (C=O) groups is 2. The first kappa shape index (κ1) is 24.1. The first-order valence-electron chi connectivity index (χ1n) is 10.8. The maximum absolute atomic E-state index is 13.0. The molecule has 2 aromatic rings. The van der Waals surface area contributed by atoms with Crippen molar-refractivity contribution < 1.29 is 28.9 Å². The Kier molecular flexibility index (Phi) is 7.90. The molecule has 0 spiro atoms. The molecule has 0 aliphatic carbocycles. The zero-order valence-electron chi connectivity index (χ0n) is 19.1. The maximum Gasteiger partial charge on any atom is 0.295 e. The number of methoxy groups -OCH3 is 1. The van der Waals surface area contributed by atoms with Gasteiger partial charge in [0, 0.05) is 19.2 Å². The summed E-state index contributed by atoms with van der Waals surface area (Å²) < 4.78 is 16.4. The summed E-state index contributed by atoms with van der Waals surface area (Å²) in [7, 11) is 1.52. The van der Waals surface area contributed by atoms with Crippen LogP contribution < -0.4 is 9.47 Å². The molecule has 0 aromatic heterocycles. The van der Waals surface area contributed by atoms with Gasteiger partial charge in [0.05, 0.1) is 24.3 Å². The average Bonchev–Trinajstić information content (AvgIpc) is 3.06. The van der Waals surface area contributed by atoms with Crippen molar-refractivity contribution in [3.8, 4) is 11.5 Å². The highest BCUT2D eigenvalue weighted by Crippen LogP contribution is 2.40. The highest BCUT2D eigenvalue weighted by Gasteiger charge is 2.46. The molecular weight excluding hydrogens is 422 g/mol. The van der Waals surface area contributed by atoms with Crippen LogP contribution in [0.3, 0.4) is 0 Å². The normalized spacial score (nSPS) is 17.5. The highest BCUT2D eigenvalue weighted by atomic mass is 16.5. The predicted octanol–water partition coefficient (Wildman–Crippen LogP) is 4.11. The van der Waals surface area contributed by atoms with Gasteiger partial charge >= 0.3 is 0 Å². The fourth-order valence-electron chi connectivity index (χ4n) is 3.70. The van der Waals surface area contributed by atoms with Crippen molar-refractivity contribution in [1.29, 1.82) is 0 Å². The molecule has 2 aromatic carbocycles. The minimum absolute atomic E-state index is 0.00569. The second-order valence-electron chi connectivity index (χ2n) is 7.85. The van der Waals surface area contributed by atoms with Crippen molar-refractivity contribution in [2.45, 2.75) is 26.0 Å². The SMILES string of the molecule is C=CCOc1cccc(C2/C(=C(/O)c3ccc(OC(C)C)cc3)C(=O)C(=O)N2CCOC)c1. The third-order valence-corrected chi connectivity index (χ3v) is 5.12. The summed E-state index contributed by atoms with van der Waals surface area (Å²) in [4.78, 5) is 27.3. The lowest BCUT2D eigenvalue weighted by Crippen LogP contribution is -2.32. The van der Waals surface area contributed by atoms with Crippen molar-refractivity contribution in [3.05, 3.63) is 77.9 Å². The summed E-state index contributed by atoms with van der Waals surface area (Å²) in [6.45, 7) is 8.24. The first-order chi connectivity index (χ1) is 15.9. The molecule has 33 heavy (non-hydrogen) atoms. The van der Waals surface area contributed by atoms with Crippen LogP contribution in [0, 0.1) is 0 Å². The van der Waals surface area contributed by atoms with E-state index in [4.69, 9.17) is 14.2 Å². The van der Waals surface area contributed by atoms with E-state index < -0.39 is 17.7 Å². The lowest BCUT2D eigenvalue weighted by atomic mass is 9.95. The molecule has 1 heterocycles. The lowest BCUT2D eigenvalue weighted by Gasteiger charge is -2.25. The Morgan fingerprint density at radius 2 is 1.88 bits per heavy atom. The number of carbonyl (C=O) groups excluding carboxylic acids is 2. The van der Waals surface area contributed by atoms with E-state index in [1.54, 1.807) is 54.6 Å². The third kappa shape index (κ3) is 5.43. The van der Waals surface area contributed by atoms with Crippen molar-refractivity contribution in [3.63, 3.8) is 0 Å². The molecule has 1 aliphatic rings. The summed E-state index contributed by atoms with van der Waals surface area (Å²) in [5.74, 6) is -0.457. The van der Waals surface area contributed by atoms with Gasteiger partial charge in [-0.15, -0.1) is 0 Å². The number of amides is 1. The quantitative estimate of drug-likeness (QED) is 0.253. The van der Waals surface area contributed by atoms with Gasteiger partial charge in [-0.25, -0.2) is 0 Å². The number of Topliss-reactive ketones (excluding diaryl/α,β-unsaturated/α-hetero) is 1. The summed E-state index contributed by atoms with van der Waals surface area (Å²) in [6.07, 6.45) is 1.63. The largest absolute Gasteiger partial charge is 0.507 e. The van der Waals surface area contributed by atoms with E-state index in [-0.39, 0.29) is 30.6 Å². The van der Waals surface area contributed by atoms with Gasteiger partial charge in [0.15, 0.2) is 0 Å². The Hall–Kier alpha value is -3.58. The lowest BCUT2D eigenvalue weighted by molar-refractivity contribution is -0.140. The summed E-state index contributed by atoms with van der Waals surface area (Å²) >= 11 is 0. The number of likely N-dealkylation sites (tertiary alicyclic amines) is 1. The molecule has 1 atom stereocenters. The summed E-state index contributed by atoms with van der Waals surface area (Å²) in [5, 5.41) is 11.1. The van der Waals surface area contributed by atoms with E-state index in [9.17, 15) is 14.7 Å². The van der Waals surface area contributed by atoms with Crippen LogP contribution in [0.1, 0.15) is 31.0 Å². The van der Waals surface area contributed by atoms with Gasteiger partial charge < -0.3 is 24.2 Å². The molecule has 1 aliphatic heterocycles. The average molecular weight is 452 g/mol. The van der Waals surface area contributed by atoms with Crippen molar-refractivity contribution in [2.75, 3.05) is 26.9 Å². The molecule has 3 rings (SSSR count). The van der Waals surface area contributed by atoms with Crippen LogP contribution in [0.2, 0.25) is 0 Å².